The number of para-hydroxylation sites is 1. The van der Waals surface area contributed by atoms with E-state index in [0.717, 1.165) is 0 Å². The maximum Gasteiger partial charge on any atom is 0.0520 e. The van der Waals surface area contributed by atoms with E-state index in [4.69, 9.17) is 0 Å². The summed E-state index contributed by atoms with van der Waals surface area (Å²) in [5, 5.41) is 5.11. The molecular weight excluding hydrogens is 555 g/mol. The molecule has 7 aromatic carbocycles. The molecule has 0 spiro atoms. The number of nitrogens with zero attached hydrogens (tertiary/aromatic N) is 1. The first-order chi connectivity index (χ1) is 22.1. The van der Waals surface area contributed by atoms with Gasteiger partial charge in [-0.25, -0.2) is 0 Å². The molecule has 0 fully saturated rings. The molecule has 0 amide bonds. The molecule has 0 aromatic heterocycles. The molecule has 0 N–H and O–H groups in total. The highest BCUT2D eigenvalue weighted by Crippen LogP contribution is 2.51. The van der Waals surface area contributed by atoms with Crippen molar-refractivity contribution in [2.24, 2.45) is 0 Å². The lowest BCUT2D eigenvalue weighted by Gasteiger charge is -2.30. The van der Waals surface area contributed by atoms with E-state index in [1.807, 2.05) is 0 Å². The van der Waals surface area contributed by atoms with Gasteiger partial charge in [-0.2, -0.15) is 0 Å². The van der Waals surface area contributed by atoms with Crippen LogP contribution in [0.5, 0.6) is 0 Å². The minimum atomic E-state index is 0.157. The smallest absolute Gasteiger partial charge is 0.0520 e. The second-order valence-corrected chi connectivity index (χ2v) is 14.1. The van der Waals surface area contributed by atoms with Crippen LogP contribution in [0.4, 0.5) is 17.1 Å². The lowest BCUT2D eigenvalue weighted by Crippen LogP contribution is -2.13. The van der Waals surface area contributed by atoms with Crippen LogP contribution in [0.3, 0.4) is 0 Å². The van der Waals surface area contributed by atoms with Crippen LogP contribution in [0.1, 0.15) is 43.0 Å². The Labute approximate surface area is 272 Å². The van der Waals surface area contributed by atoms with Crippen molar-refractivity contribution in [1.82, 2.24) is 0 Å². The van der Waals surface area contributed by atoms with Gasteiger partial charge in [-0.05, 0) is 152 Å². The predicted octanol–water partition coefficient (Wildman–Crippen LogP) is 13.0. The van der Waals surface area contributed by atoms with Crippen LogP contribution in [-0.2, 0) is 5.41 Å². The van der Waals surface area contributed by atoms with Gasteiger partial charge >= 0.3 is 0 Å². The Bertz CT molecular complexity index is 2280. The zero-order valence-corrected chi connectivity index (χ0v) is 27.6. The summed E-state index contributed by atoms with van der Waals surface area (Å²) in [6.07, 6.45) is 0. The summed E-state index contributed by atoms with van der Waals surface area (Å²) in [7, 11) is 0. The molecule has 224 valence electrons. The van der Waals surface area contributed by atoms with Crippen LogP contribution in [0.25, 0.3) is 54.9 Å². The summed E-state index contributed by atoms with van der Waals surface area (Å²) in [5.74, 6) is 0. The highest BCUT2D eigenvalue weighted by Gasteiger charge is 2.25. The first kappa shape index (κ1) is 28.3. The molecule has 0 unspecified atom stereocenters. The van der Waals surface area contributed by atoms with Crippen molar-refractivity contribution in [2.75, 3.05) is 4.90 Å². The highest BCUT2D eigenvalue weighted by atomic mass is 15.1. The number of anilines is 3. The number of rotatable bonds is 4. The Hall–Kier alpha value is -5.14. The van der Waals surface area contributed by atoms with E-state index in [1.165, 1.54) is 94.2 Å². The Morgan fingerprint density at radius 1 is 0.435 bits per heavy atom. The molecular formula is C45H39N. The molecule has 46 heavy (non-hydrogen) atoms. The molecule has 1 heteroatoms. The first-order valence-electron chi connectivity index (χ1n) is 16.3. The third-order valence-corrected chi connectivity index (χ3v) is 9.73. The van der Waals surface area contributed by atoms with E-state index < -0.39 is 0 Å². The molecule has 7 aromatic rings. The number of aryl methyl sites for hydroxylation is 3. The molecule has 0 heterocycles. The van der Waals surface area contributed by atoms with Crippen LogP contribution in [-0.4, -0.2) is 0 Å². The van der Waals surface area contributed by atoms with Gasteiger partial charge in [-0.3, -0.25) is 0 Å². The van der Waals surface area contributed by atoms with Gasteiger partial charge in [-0.15, -0.1) is 0 Å². The topological polar surface area (TPSA) is 3.24 Å². The van der Waals surface area contributed by atoms with E-state index in [-0.39, 0.29) is 5.41 Å². The molecule has 8 rings (SSSR count). The maximum absolute atomic E-state index is 2.42. The largest absolute Gasteiger partial charge is 0.310 e. The summed E-state index contributed by atoms with van der Waals surface area (Å²) in [4.78, 5) is 2.42. The molecule has 0 saturated carbocycles. The predicted molar refractivity (Wildman–Crippen MR) is 199 cm³/mol. The minimum absolute atomic E-state index is 0.157. The van der Waals surface area contributed by atoms with Gasteiger partial charge in [0.05, 0.1) is 5.69 Å². The molecule has 1 nitrogen and oxygen atoms in total. The van der Waals surface area contributed by atoms with Crippen LogP contribution >= 0.6 is 0 Å². The quantitative estimate of drug-likeness (QED) is 0.196. The summed E-state index contributed by atoms with van der Waals surface area (Å²) in [6, 6.07) is 47.7. The molecule has 0 saturated heterocycles. The van der Waals surface area contributed by atoms with E-state index >= 15 is 0 Å². The van der Waals surface area contributed by atoms with Gasteiger partial charge < -0.3 is 4.90 Å². The Kier molecular flexibility index (Phi) is 6.44. The van der Waals surface area contributed by atoms with Crippen molar-refractivity contribution in [3.8, 4) is 33.4 Å². The highest BCUT2D eigenvalue weighted by molar-refractivity contribution is 6.12. The van der Waals surface area contributed by atoms with Gasteiger partial charge in [0.2, 0.25) is 0 Å². The summed E-state index contributed by atoms with van der Waals surface area (Å²) in [5.41, 5.74) is 16.9. The van der Waals surface area contributed by atoms with Gasteiger partial charge in [0.25, 0.3) is 0 Å². The Morgan fingerprint density at radius 2 is 0.957 bits per heavy atom. The standard InChI is InChI=1S/C45H39N/c1-28-20-29(2)44(30(3)21-28)46(38-10-8-7-9-11-38)39-19-16-34-25-41-42-26-35-22-32(31-14-17-37(18-15-31)45(4,5)6)12-13-33(35)24-40(42)43(41)27-36(34)23-39/h7-27H,1-6H3. The summed E-state index contributed by atoms with van der Waals surface area (Å²) < 4.78 is 0. The fraction of sp³-hybridized carbons (Fsp3) is 0.156. The fourth-order valence-electron chi connectivity index (χ4n) is 7.40. The zero-order valence-electron chi connectivity index (χ0n) is 27.6. The Balaban J connectivity index is 1.18. The summed E-state index contributed by atoms with van der Waals surface area (Å²) in [6.45, 7) is 13.4. The van der Waals surface area contributed by atoms with Crippen molar-refractivity contribution in [2.45, 2.75) is 47.0 Å². The molecule has 0 aliphatic heterocycles. The molecule has 0 bridgehead atoms. The van der Waals surface area contributed by atoms with Crippen LogP contribution in [0.2, 0.25) is 0 Å². The van der Waals surface area contributed by atoms with Gasteiger partial charge in [0, 0.05) is 11.4 Å². The maximum atomic E-state index is 2.42. The first-order valence-corrected chi connectivity index (χ1v) is 16.3. The SMILES string of the molecule is Cc1cc(C)c(N(c2ccccc2)c2ccc3cc4c(cc3c2)-c2cc3ccc(-c5ccc(C(C)(C)C)cc5)cc3cc2-4)c(C)c1. The monoisotopic (exact) mass is 593 g/mol. The third-order valence-electron chi connectivity index (χ3n) is 9.73. The number of hydrogen-bond donors (Lipinski definition) is 0. The van der Waals surface area contributed by atoms with Gasteiger partial charge in [-0.1, -0.05) is 99.1 Å². The van der Waals surface area contributed by atoms with Crippen LogP contribution < -0.4 is 4.90 Å². The van der Waals surface area contributed by atoms with Crippen LogP contribution in [0, 0.1) is 20.8 Å². The Morgan fingerprint density at radius 3 is 1.54 bits per heavy atom. The van der Waals surface area contributed by atoms with Crippen molar-refractivity contribution in [3.05, 3.63) is 150 Å². The average Bonchev–Trinajstić information content (AvgIpc) is 3.04. The van der Waals surface area contributed by atoms with E-state index in [0.29, 0.717) is 0 Å². The van der Waals surface area contributed by atoms with Crippen molar-refractivity contribution >= 4 is 38.6 Å². The average molecular weight is 594 g/mol. The number of fused-ring (bicyclic) bond motifs is 6. The molecule has 1 aliphatic carbocycles. The normalized spacial score (nSPS) is 12.1. The molecule has 0 radical (unpaired) electrons. The van der Waals surface area contributed by atoms with Gasteiger partial charge in [0.15, 0.2) is 0 Å². The van der Waals surface area contributed by atoms with Gasteiger partial charge in [0.1, 0.15) is 0 Å². The molecule has 1 aliphatic rings. The van der Waals surface area contributed by atoms with Crippen molar-refractivity contribution in [1.29, 1.82) is 0 Å². The van der Waals surface area contributed by atoms with Crippen molar-refractivity contribution < 1.29 is 0 Å². The lowest BCUT2D eigenvalue weighted by molar-refractivity contribution is 0.590. The van der Waals surface area contributed by atoms with Crippen molar-refractivity contribution in [3.63, 3.8) is 0 Å². The summed E-state index contributed by atoms with van der Waals surface area (Å²) >= 11 is 0. The lowest BCUT2D eigenvalue weighted by atomic mass is 9.77. The van der Waals surface area contributed by atoms with Crippen LogP contribution in [0.15, 0.2) is 127 Å². The van der Waals surface area contributed by atoms with E-state index in [1.54, 1.807) is 0 Å². The zero-order chi connectivity index (χ0) is 31.7. The third kappa shape index (κ3) is 4.70. The molecule has 0 atom stereocenters. The minimum Gasteiger partial charge on any atom is -0.310 e. The second-order valence-electron chi connectivity index (χ2n) is 14.1. The van der Waals surface area contributed by atoms with E-state index in [2.05, 4.69) is 174 Å². The fourth-order valence-corrected chi connectivity index (χ4v) is 7.40. The van der Waals surface area contributed by atoms with E-state index in [9.17, 15) is 0 Å². The number of hydrogen-bond acceptors (Lipinski definition) is 1. The second kappa shape index (κ2) is 10.5. The number of benzene rings is 7.